The number of carboxylic acids is 1. The summed E-state index contributed by atoms with van der Waals surface area (Å²) in [5, 5.41) is 8.83. The molecule has 0 aliphatic carbocycles. The normalized spacial score (nSPS) is 10.2. The molecule has 0 saturated carbocycles. The fourth-order valence-corrected chi connectivity index (χ4v) is 1.86. The zero-order valence-electron chi connectivity index (χ0n) is 9.59. The predicted molar refractivity (Wildman–Crippen MR) is 75.4 cm³/mol. The number of para-hydroxylation sites is 1. The van der Waals surface area contributed by atoms with E-state index in [0.29, 0.717) is 14.9 Å². The first-order valence-electron chi connectivity index (χ1n) is 5.28. The van der Waals surface area contributed by atoms with Crippen LogP contribution in [0.1, 0.15) is 5.56 Å². The van der Waals surface area contributed by atoms with E-state index < -0.39 is 5.97 Å². The van der Waals surface area contributed by atoms with E-state index in [-0.39, 0.29) is 17.9 Å². The first-order valence-corrected chi connectivity index (χ1v) is 6.36. The lowest BCUT2D eigenvalue weighted by Gasteiger charge is -2.09. The smallest absolute Gasteiger partial charge is 0.307 e. The van der Waals surface area contributed by atoms with Crippen molar-refractivity contribution in [2.45, 2.75) is 6.42 Å². The van der Waals surface area contributed by atoms with Crippen LogP contribution in [-0.2, 0) is 11.2 Å². The van der Waals surface area contributed by atoms with E-state index >= 15 is 0 Å². The second kappa shape index (κ2) is 5.83. The van der Waals surface area contributed by atoms with Crippen molar-refractivity contribution >= 4 is 28.6 Å². The van der Waals surface area contributed by atoms with Gasteiger partial charge >= 0.3 is 5.97 Å². The third-order valence-corrected chi connectivity index (χ3v) is 3.24. The van der Waals surface area contributed by atoms with Crippen LogP contribution < -0.4 is 10.3 Å². The number of benzene rings is 1. The number of nitrogens with zero attached hydrogens (tertiary/aromatic N) is 1. The van der Waals surface area contributed by atoms with Crippen LogP contribution in [0.2, 0.25) is 0 Å². The van der Waals surface area contributed by atoms with E-state index in [1.807, 2.05) is 22.6 Å². The third-order valence-electron chi connectivity index (χ3n) is 2.29. The van der Waals surface area contributed by atoms with Crippen molar-refractivity contribution in [3.05, 3.63) is 50.1 Å². The molecule has 0 bridgehead atoms. The Morgan fingerprint density at radius 2 is 2.16 bits per heavy atom. The highest BCUT2D eigenvalue weighted by atomic mass is 127. The number of aliphatic carboxylic acids is 1. The van der Waals surface area contributed by atoms with Gasteiger partial charge in [0.2, 0.25) is 5.88 Å². The lowest BCUT2D eigenvalue weighted by atomic mass is 10.1. The molecule has 1 aromatic heterocycles. The number of ether oxygens (including phenoxy) is 1. The zero-order valence-corrected chi connectivity index (χ0v) is 11.7. The molecule has 0 aliphatic rings. The lowest BCUT2D eigenvalue weighted by Crippen LogP contribution is -2.11. The van der Waals surface area contributed by atoms with Crippen LogP contribution in [-0.4, -0.2) is 21.0 Å². The van der Waals surface area contributed by atoms with Crippen LogP contribution in [0.4, 0.5) is 0 Å². The molecule has 0 radical (unpaired) electrons. The molecule has 0 aliphatic heterocycles. The number of rotatable bonds is 4. The van der Waals surface area contributed by atoms with Gasteiger partial charge in [-0.2, -0.15) is 0 Å². The van der Waals surface area contributed by atoms with Gasteiger partial charge in [-0.05, 0) is 28.7 Å². The first-order chi connectivity index (χ1) is 9.08. The van der Waals surface area contributed by atoms with E-state index in [1.165, 1.54) is 6.33 Å². The quantitative estimate of drug-likeness (QED) is 0.799. The van der Waals surface area contributed by atoms with Crippen LogP contribution in [0.3, 0.4) is 0 Å². The molecule has 0 saturated heterocycles. The van der Waals surface area contributed by atoms with Gasteiger partial charge in [0, 0.05) is 5.56 Å². The predicted octanol–water partition coefficient (Wildman–Crippen LogP) is 1.79. The molecule has 0 amide bonds. The molecule has 1 heterocycles. The van der Waals surface area contributed by atoms with Gasteiger partial charge in [0.15, 0.2) is 0 Å². The molecule has 1 aromatic carbocycles. The van der Waals surface area contributed by atoms with Crippen LogP contribution in [0.5, 0.6) is 11.6 Å². The number of nitrogens with one attached hydrogen (secondary N) is 1. The number of hydrogen-bond donors (Lipinski definition) is 2. The van der Waals surface area contributed by atoms with Gasteiger partial charge < -0.3 is 14.8 Å². The molecule has 0 unspecified atom stereocenters. The van der Waals surface area contributed by atoms with E-state index in [1.54, 1.807) is 24.3 Å². The summed E-state index contributed by atoms with van der Waals surface area (Å²) in [5.41, 5.74) is 0.217. The van der Waals surface area contributed by atoms with Crippen LogP contribution in [0, 0.1) is 3.57 Å². The fraction of sp³-hybridized carbons (Fsp3) is 0.0833. The number of aromatic amines is 1. The van der Waals surface area contributed by atoms with E-state index in [9.17, 15) is 9.59 Å². The summed E-state index contributed by atoms with van der Waals surface area (Å²) >= 11 is 1.82. The number of carbonyl (C=O) groups is 1. The van der Waals surface area contributed by atoms with Crippen molar-refractivity contribution in [2.75, 3.05) is 0 Å². The molecule has 6 nitrogen and oxygen atoms in total. The van der Waals surface area contributed by atoms with Crippen LogP contribution >= 0.6 is 22.6 Å². The minimum absolute atomic E-state index is 0.155. The van der Waals surface area contributed by atoms with Crippen molar-refractivity contribution < 1.29 is 14.6 Å². The minimum atomic E-state index is -0.954. The average Bonchev–Trinajstić information content (AvgIpc) is 2.36. The SMILES string of the molecule is O=C(O)Cc1ccccc1Oc1nc[nH]c(=O)c1I. The van der Waals surface area contributed by atoms with Gasteiger partial charge in [-0.25, -0.2) is 4.98 Å². The maximum absolute atomic E-state index is 11.4. The molecule has 7 heteroatoms. The van der Waals surface area contributed by atoms with Crippen molar-refractivity contribution in [3.63, 3.8) is 0 Å². The fourth-order valence-electron chi connectivity index (χ4n) is 1.45. The Morgan fingerprint density at radius 1 is 1.42 bits per heavy atom. The summed E-state index contributed by atoms with van der Waals surface area (Å²) in [6.07, 6.45) is 1.08. The van der Waals surface area contributed by atoms with E-state index in [0.717, 1.165) is 0 Å². The standard InChI is InChI=1S/C12H9IN2O4/c13-10-11(18)14-6-15-12(10)19-8-4-2-1-3-7(8)5-9(16)17/h1-4,6H,5H2,(H,16,17)(H,14,15,18). The highest BCUT2D eigenvalue weighted by Gasteiger charge is 2.12. The molecular weight excluding hydrogens is 363 g/mol. The first kappa shape index (κ1) is 13.5. The number of hydrogen-bond acceptors (Lipinski definition) is 4. The molecule has 2 N–H and O–H groups in total. The van der Waals surface area contributed by atoms with Crippen molar-refractivity contribution in [1.82, 2.24) is 9.97 Å². The number of carboxylic acid groups (broad SMARTS) is 1. The van der Waals surface area contributed by atoms with Crippen molar-refractivity contribution in [1.29, 1.82) is 0 Å². The highest BCUT2D eigenvalue weighted by molar-refractivity contribution is 14.1. The summed E-state index contributed by atoms with van der Waals surface area (Å²) in [6, 6.07) is 6.74. The van der Waals surface area contributed by atoms with Gasteiger partial charge in [0.05, 0.1) is 12.7 Å². The Kier molecular flexibility index (Phi) is 4.15. The molecule has 2 aromatic rings. The third kappa shape index (κ3) is 3.31. The summed E-state index contributed by atoms with van der Waals surface area (Å²) in [5.74, 6) is -0.423. The summed E-state index contributed by atoms with van der Waals surface area (Å²) < 4.78 is 5.83. The number of H-pyrrole nitrogens is 1. The van der Waals surface area contributed by atoms with E-state index in [4.69, 9.17) is 9.84 Å². The topological polar surface area (TPSA) is 92.3 Å². The van der Waals surface area contributed by atoms with E-state index in [2.05, 4.69) is 9.97 Å². The molecule has 0 atom stereocenters. The molecule has 0 fully saturated rings. The largest absolute Gasteiger partial charge is 0.481 e. The second-order valence-electron chi connectivity index (χ2n) is 3.63. The maximum Gasteiger partial charge on any atom is 0.307 e. The monoisotopic (exact) mass is 372 g/mol. The summed E-state index contributed by atoms with van der Waals surface area (Å²) in [7, 11) is 0. The zero-order chi connectivity index (χ0) is 13.8. The Bertz CT molecular complexity index is 669. The second-order valence-corrected chi connectivity index (χ2v) is 4.71. The molecule has 98 valence electrons. The van der Waals surface area contributed by atoms with Gasteiger partial charge in [0.25, 0.3) is 5.56 Å². The Morgan fingerprint density at radius 3 is 2.89 bits per heavy atom. The van der Waals surface area contributed by atoms with Gasteiger partial charge in [-0.1, -0.05) is 18.2 Å². The average molecular weight is 372 g/mol. The Hall–Kier alpha value is -1.90. The number of halogens is 1. The number of aromatic nitrogens is 2. The Labute approximate surface area is 121 Å². The summed E-state index contributed by atoms with van der Waals surface area (Å²) in [4.78, 5) is 28.5. The van der Waals surface area contributed by atoms with Gasteiger partial charge in [0.1, 0.15) is 9.32 Å². The molecule has 0 spiro atoms. The Balaban J connectivity index is 2.35. The van der Waals surface area contributed by atoms with Gasteiger partial charge in [-0.15, -0.1) is 0 Å². The minimum Gasteiger partial charge on any atom is -0.481 e. The van der Waals surface area contributed by atoms with Crippen LogP contribution in [0.25, 0.3) is 0 Å². The van der Waals surface area contributed by atoms with Crippen LogP contribution in [0.15, 0.2) is 35.4 Å². The molecule has 2 rings (SSSR count). The van der Waals surface area contributed by atoms with Crippen molar-refractivity contribution in [2.24, 2.45) is 0 Å². The van der Waals surface area contributed by atoms with Gasteiger partial charge in [-0.3, -0.25) is 9.59 Å². The van der Waals surface area contributed by atoms with Crippen molar-refractivity contribution in [3.8, 4) is 11.6 Å². The lowest BCUT2D eigenvalue weighted by molar-refractivity contribution is -0.136. The highest BCUT2D eigenvalue weighted by Crippen LogP contribution is 2.25. The maximum atomic E-state index is 11.4. The summed E-state index contributed by atoms with van der Waals surface area (Å²) in [6.45, 7) is 0. The molecular formula is C12H9IN2O4. The molecule has 19 heavy (non-hydrogen) atoms.